The van der Waals surface area contributed by atoms with E-state index in [4.69, 9.17) is 44.3 Å². The zero-order valence-electron chi connectivity index (χ0n) is 43.9. The third kappa shape index (κ3) is 11.5. The molecule has 9 aromatic rings. The second kappa shape index (κ2) is 24.4. The number of hydrogen-bond donors (Lipinski definition) is 1. The van der Waals surface area contributed by atoms with Crippen molar-refractivity contribution in [2.45, 2.75) is 92.8 Å². The number of ether oxygens (including phenoxy) is 2. The van der Waals surface area contributed by atoms with Crippen molar-refractivity contribution in [3.63, 3.8) is 0 Å². The molecule has 0 fully saturated rings. The lowest BCUT2D eigenvalue weighted by molar-refractivity contribution is -0.144. The summed E-state index contributed by atoms with van der Waals surface area (Å²) in [6.07, 6.45) is 0. The molecule has 3 aromatic heterocycles. The molecule has 0 bridgehead atoms. The van der Waals surface area contributed by atoms with Gasteiger partial charge in [0, 0.05) is 36.8 Å². The fraction of sp³-hybridized carbons (Fsp3) is 0.267. The summed E-state index contributed by atoms with van der Waals surface area (Å²) in [6, 6.07) is 30.3. The number of nitriles is 2. The van der Waals surface area contributed by atoms with E-state index >= 15 is 0 Å². The number of carbonyl (C=O) groups excluding carboxylic acids is 2. The van der Waals surface area contributed by atoms with Gasteiger partial charge in [0.1, 0.15) is 31.8 Å². The number of carboxylic acids is 1. The maximum absolute atomic E-state index is 13.0. The molecule has 0 amide bonds. The molecule has 400 valence electrons. The molecule has 0 spiro atoms. The largest absolute Gasteiger partial charge is 0.480 e. The lowest BCUT2D eigenvalue weighted by Gasteiger charge is -2.17. The highest BCUT2D eigenvalue weighted by Gasteiger charge is 2.22. The summed E-state index contributed by atoms with van der Waals surface area (Å²) in [7, 11) is 0. The van der Waals surface area contributed by atoms with Crippen LogP contribution < -0.4 is 16.3 Å². The number of aromatic nitrogens is 3. The van der Waals surface area contributed by atoms with Crippen LogP contribution in [0.2, 0.25) is 15.1 Å². The van der Waals surface area contributed by atoms with Gasteiger partial charge in [0.25, 0.3) is 0 Å². The summed E-state index contributed by atoms with van der Waals surface area (Å²) in [5, 5.41) is 31.2. The normalized spacial score (nSPS) is 11.2. The molecule has 14 nitrogen and oxygen atoms in total. The third-order valence-corrected chi connectivity index (χ3v) is 15.3. The molecule has 0 saturated heterocycles. The van der Waals surface area contributed by atoms with Gasteiger partial charge in [0.2, 0.25) is 0 Å². The minimum atomic E-state index is -1.06. The lowest BCUT2D eigenvalue weighted by atomic mass is 9.99. The van der Waals surface area contributed by atoms with Gasteiger partial charge in [0.15, 0.2) is 16.3 Å². The van der Waals surface area contributed by atoms with E-state index < -0.39 is 11.9 Å². The fourth-order valence-corrected chi connectivity index (χ4v) is 10.5. The molecule has 0 saturated carbocycles. The molecule has 18 heteroatoms. The van der Waals surface area contributed by atoms with Gasteiger partial charge < -0.3 is 28.3 Å². The van der Waals surface area contributed by atoms with E-state index in [0.717, 1.165) is 16.7 Å². The lowest BCUT2D eigenvalue weighted by Crippen LogP contribution is -2.19. The van der Waals surface area contributed by atoms with E-state index in [9.17, 15) is 44.4 Å². The highest BCUT2D eigenvalue weighted by atomic mass is 79.9. The first-order valence-corrected chi connectivity index (χ1v) is 26.9. The quantitative estimate of drug-likeness (QED) is 0.0953. The number of nitrogens with zero attached hydrogens (tertiary/aromatic N) is 5. The first kappa shape index (κ1) is 58.2. The first-order valence-electron chi connectivity index (χ1n) is 24.9. The molecule has 0 unspecified atom stereocenters. The van der Waals surface area contributed by atoms with Crippen molar-refractivity contribution < 1.29 is 29.0 Å². The van der Waals surface area contributed by atoms with Crippen molar-refractivity contribution in [1.29, 1.82) is 10.5 Å². The Balaban J connectivity index is 0.000000170. The second-order valence-corrected chi connectivity index (χ2v) is 21.2. The predicted octanol–water partition coefficient (Wildman–Crippen LogP) is 13.5. The minimum Gasteiger partial charge on any atom is -0.480 e. The predicted molar refractivity (Wildman–Crippen MR) is 312 cm³/mol. The summed E-state index contributed by atoms with van der Waals surface area (Å²) in [6.45, 7) is 15.9. The monoisotopic (exact) mass is 1170 g/mol. The fourth-order valence-electron chi connectivity index (χ4n) is 9.25. The molecular weight excluding hydrogens is 1120 g/mol. The van der Waals surface area contributed by atoms with E-state index in [0.29, 0.717) is 81.9 Å². The van der Waals surface area contributed by atoms with Gasteiger partial charge >= 0.3 is 17.9 Å². The minimum absolute atomic E-state index is 0.0150. The summed E-state index contributed by atoms with van der Waals surface area (Å²) in [5.74, 6) is -1.10. The molecule has 3 heterocycles. The molecule has 0 atom stereocenters. The van der Waals surface area contributed by atoms with E-state index in [1.165, 1.54) is 22.8 Å². The van der Waals surface area contributed by atoms with Crippen LogP contribution in [-0.2, 0) is 43.5 Å². The van der Waals surface area contributed by atoms with Crippen molar-refractivity contribution >= 4 is 134 Å². The third-order valence-electron chi connectivity index (χ3n) is 13.2. The maximum atomic E-state index is 13.0. The Hall–Kier alpha value is -7.53. The Morgan fingerprint density at radius 3 is 1.13 bits per heavy atom. The smallest absolute Gasteiger partial charge is 0.325 e. The van der Waals surface area contributed by atoms with Gasteiger partial charge in [-0.3, -0.25) is 28.8 Å². The standard InChI is InChI=1S/C21H19ClN2O3.C20H19BrClNO3.C19H15ClN2O3/c1-4-27-18(25)11-24-17-9-13(12(2)3)5-7-15(17)21(26)16-8-6-14(10-23)19(22)20(16)24;1-4-26-17(24)10-23-16-9-12(11(2)3)5-6-13(16)20(25)14-7-8-15(21)18(22)19(14)23;1-10(2)11-3-5-13-15(7-11)22(9-16(23)24)18-14(19(13)25)6-4-12(8-21)17(18)20/h5-9,12H,4,11H2,1-3H3;5-9,11H,4,10H2,1-3H3;3-7,10H,9H2,1-2H3,(H,23,24). The number of benzene rings is 6. The number of rotatable bonds is 11. The zero-order valence-corrected chi connectivity index (χ0v) is 47.7. The van der Waals surface area contributed by atoms with Crippen molar-refractivity contribution in [1.82, 2.24) is 13.7 Å². The Bertz CT molecular complexity index is 4210. The number of fused-ring (bicyclic) bond motifs is 6. The number of carboxylic acid groups (broad SMARTS) is 1. The van der Waals surface area contributed by atoms with Crippen molar-refractivity contribution in [3.05, 3.63) is 169 Å². The number of aliphatic carboxylic acids is 1. The molecule has 0 aliphatic carbocycles. The summed E-state index contributed by atoms with van der Waals surface area (Å²) < 4.78 is 15.9. The van der Waals surface area contributed by atoms with Crippen LogP contribution in [0.25, 0.3) is 65.4 Å². The highest BCUT2D eigenvalue weighted by Crippen LogP contribution is 2.35. The molecule has 6 aromatic carbocycles. The van der Waals surface area contributed by atoms with Crippen LogP contribution in [0.1, 0.15) is 101 Å². The van der Waals surface area contributed by atoms with Crippen LogP contribution in [0, 0.1) is 22.7 Å². The van der Waals surface area contributed by atoms with Gasteiger partial charge in [-0.2, -0.15) is 10.5 Å². The number of hydrogen-bond acceptors (Lipinski definition) is 10. The SMILES string of the molecule is CC(C)c1ccc2c(=O)c3ccc(C#N)c(Cl)c3n(CC(=O)O)c2c1.CCOC(=O)Cn1c2cc(C(C)C)ccc2c(=O)c2ccc(Br)c(Cl)c21.CCOC(=O)Cn1c2cc(C(C)C)ccc2c(=O)c2ccc(C#N)c(Cl)c21. The molecule has 0 aliphatic heterocycles. The van der Waals surface area contributed by atoms with Gasteiger partial charge in [-0.1, -0.05) is 94.5 Å². The van der Waals surface area contributed by atoms with Crippen LogP contribution in [0.15, 0.2) is 110 Å². The summed E-state index contributed by atoms with van der Waals surface area (Å²) in [4.78, 5) is 74.7. The van der Waals surface area contributed by atoms with Crippen LogP contribution in [0.5, 0.6) is 0 Å². The Morgan fingerprint density at radius 1 is 0.513 bits per heavy atom. The van der Waals surface area contributed by atoms with Crippen LogP contribution >= 0.6 is 50.7 Å². The number of esters is 2. The second-order valence-electron chi connectivity index (χ2n) is 19.2. The molecule has 9 rings (SSSR count). The van der Waals surface area contributed by atoms with Crippen molar-refractivity contribution in [3.8, 4) is 12.1 Å². The summed E-state index contributed by atoms with van der Waals surface area (Å²) in [5.41, 5.74) is 6.02. The van der Waals surface area contributed by atoms with Gasteiger partial charge in [-0.25, -0.2) is 0 Å². The number of carbonyl (C=O) groups is 3. The molecule has 78 heavy (non-hydrogen) atoms. The van der Waals surface area contributed by atoms with Crippen LogP contribution in [0.3, 0.4) is 0 Å². The van der Waals surface area contributed by atoms with Gasteiger partial charge in [-0.05, 0) is 137 Å². The van der Waals surface area contributed by atoms with E-state index in [-0.39, 0.29) is 87.0 Å². The van der Waals surface area contributed by atoms with E-state index in [1.807, 2.05) is 68.5 Å². The maximum Gasteiger partial charge on any atom is 0.325 e. The van der Waals surface area contributed by atoms with Gasteiger partial charge in [0.05, 0.1) is 72.5 Å². The van der Waals surface area contributed by atoms with Crippen LogP contribution in [-0.4, -0.2) is 49.9 Å². The number of halogens is 4. The molecule has 1 N–H and O–H groups in total. The van der Waals surface area contributed by atoms with E-state index in [1.54, 1.807) is 53.3 Å². The summed E-state index contributed by atoms with van der Waals surface area (Å²) >= 11 is 22.7. The van der Waals surface area contributed by atoms with Crippen molar-refractivity contribution in [2.75, 3.05) is 13.2 Å². The average Bonchev–Trinajstić information content (AvgIpc) is 3.55. The highest BCUT2D eigenvalue weighted by molar-refractivity contribution is 9.10. The average molecular weight is 1170 g/mol. The van der Waals surface area contributed by atoms with Crippen molar-refractivity contribution in [2.24, 2.45) is 0 Å². The van der Waals surface area contributed by atoms with Gasteiger partial charge in [-0.15, -0.1) is 0 Å². The van der Waals surface area contributed by atoms with Crippen LogP contribution in [0.4, 0.5) is 0 Å². The Morgan fingerprint density at radius 2 is 0.821 bits per heavy atom. The number of pyridine rings is 3. The zero-order chi connectivity index (χ0) is 57.0. The molecule has 0 radical (unpaired) electrons. The first-order chi connectivity index (χ1) is 37.1. The molecular formula is C60H53BrCl3N5O9. The molecule has 0 aliphatic rings. The van der Waals surface area contributed by atoms with E-state index in [2.05, 4.69) is 43.6 Å². The Kier molecular flexibility index (Phi) is 18.2. The Labute approximate surface area is 471 Å². The topological polar surface area (TPSA) is 203 Å².